The molecule has 1 unspecified atom stereocenters. The van der Waals surface area contributed by atoms with Crippen molar-refractivity contribution in [1.29, 1.82) is 0 Å². The van der Waals surface area contributed by atoms with E-state index in [1.165, 1.54) is 0 Å². The van der Waals surface area contributed by atoms with E-state index >= 15 is 0 Å². The van der Waals surface area contributed by atoms with Crippen LogP contribution in [0.4, 0.5) is 0 Å². The number of para-hydroxylation sites is 1. The van der Waals surface area contributed by atoms with Crippen LogP contribution in [0.2, 0.25) is 0 Å². The molecule has 0 saturated carbocycles. The standard InChI is InChI=1S/C18H18N2O2/c19-15(12-21)9-13-5-7-16(8-6-13)22-17-10-14-3-1-2-4-18(14)20-11-17/h1-8,10-11,15,21H,9,12,19H2. The molecule has 0 spiro atoms. The van der Waals surface area contributed by atoms with E-state index in [-0.39, 0.29) is 12.6 Å². The first kappa shape index (κ1) is 14.5. The number of benzene rings is 2. The summed E-state index contributed by atoms with van der Waals surface area (Å²) in [5.41, 5.74) is 7.75. The Kier molecular flexibility index (Phi) is 4.32. The third-order valence-electron chi connectivity index (χ3n) is 3.46. The Morgan fingerprint density at radius 2 is 1.82 bits per heavy atom. The quantitative estimate of drug-likeness (QED) is 0.759. The third kappa shape index (κ3) is 3.42. The van der Waals surface area contributed by atoms with Gasteiger partial charge in [-0.3, -0.25) is 4.98 Å². The van der Waals surface area contributed by atoms with Crippen LogP contribution in [-0.4, -0.2) is 22.7 Å². The molecule has 0 saturated heterocycles. The molecule has 0 aliphatic heterocycles. The Morgan fingerprint density at radius 3 is 2.59 bits per heavy atom. The summed E-state index contributed by atoms with van der Waals surface area (Å²) in [5, 5.41) is 10.0. The van der Waals surface area contributed by atoms with Gasteiger partial charge in [0, 0.05) is 11.4 Å². The number of nitrogens with zero attached hydrogens (tertiary/aromatic N) is 1. The van der Waals surface area contributed by atoms with E-state index in [4.69, 9.17) is 15.6 Å². The Balaban J connectivity index is 1.74. The van der Waals surface area contributed by atoms with Crippen LogP contribution in [-0.2, 0) is 6.42 Å². The van der Waals surface area contributed by atoms with E-state index in [2.05, 4.69) is 4.98 Å². The van der Waals surface area contributed by atoms with Crippen molar-refractivity contribution in [2.45, 2.75) is 12.5 Å². The number of pyridine rings is 1. The molecule has 1 atom stereocenters. The highest BCUT2D eigenvalue weighted by Crippen LogP contribution is 2.24. The predicted molar refractivity (Wildman–Crippen MR) is 87.0 cm³/mol. The number of aliphatic hydroxyl groups excluding tert-OH is 1. The summed E-state index contributed by atoms with van der Waals surface area (Å²) in [6.45, 7) is -0.0129. The lowest BCUT2D eigenvalue weighted by atomic mass is 10.1. The first-order valence-electron chi connectivity index (χ1n) is 7.22. The summed E-state index contributed by atoms with van der Waals surface area (Å²) in [6.07, 6.45) is 2.37. The average Bonchev–Trinajstić information content (AvgIpc) is 2.56. The fourth-order valence-electron chi connectivity index (χ4n) is 2.30. The lowest BCUT2D eigenvalue weighted by Crippen LogP contribution is -2.26. The number of nitrogens with two attached hydrogens (primary N) is 1. The Hall–Kier alpha value is -2.43. The van der Waals surface area contributed by atoms with Crippen molar-refractivity contribution in [2.24, 2.45) is 5.73 Å². The zero-order valence-corrected chi connectivity index (χ0v) is 12.1. The highest BCUT2D eigenvalue weighted by molar-refractivity contribution is 5.79. The SMILES string of the molecule is NC(CO)Cc1ccc(Oc2cnc3ccccc3c2)cc1. The van der Waals surface area contributed by atoms with Crippen LogP contribution in [0.5, 0.6) is 11.5 Å². The van der Waals surface area contributed by atoms with Crippen LogP contribution < -0.4 is 10.5 Å². The number of hydrogen-bond donors (Lipinski definition) is 2. The summed E-state index contributed by atoms with van der Waals surface area (Å²) in [7, 11) is 0. The van der Waals surface area contributed by atoms with Crippen molar-refractivity contribution in [3.8, 4) is 11.5 Å². The Labute approximate surface area is 129 Å². The molecule has 0 fully saturated rings. The monoisotopic (exact) mass is 294 g/mol. The van der Waals surface area contributed by atoms with Gasteiger partial charge in [-0.25, -0.2) is 0 Å². The van der Waals surface area contributed by atoms with Gasteiger partial charge in [-0.1, -0.05) is 30.3 Å². The Morgan fingerprint density at radius 1 is 1.05 bits per heavy atom. The van der Waals surface area contributed by atoms with Gasteiger partial charge in [0.2, 0.25) is 0 Å². The zero-order chi connectivity index (χ0) is 15.4. The molecule has 3 N–H and O–H groups in total. The third-order valence-corrected chi connectivity index (χ3v) is 3.46. The minimum Gasteiger partial charge on any atom is -0.456 e. The van der Waals surface area contributed by atoms with E-state index in [9.17, 15) is 0 Å². The molecular formula is C18H18N2O2. The molecule has 22 heavy (non-hydrogen) atoms. The number of aromatic nitrogens is 1. The van der Waals surface area contributed by atoms with Crippen molar-refractivity contribution in [3.63, 3.8) is 0 Å². The number of aliphatic hydroxyl groups is 1. The number of hydrogen-bond acceptors (Lipinski definition) is 4. The maximum absolute atomic E-state index is 8.98. The van der Waals surface area contributed by atoms with E-state index in [1.807, 2.05) is 54.6 Å². The molecule has 4 nitrogen and oxygen atoms in total. The van der Waals surface area contributed by atoms with Gasteiger partial charge in [-0.05, 0) is 36.2 Å². The van der Waals surface area contributed by atoms with Crippen molar-refractivity contribution in [2.75, 3.05) is 6.61 Å². The number of fused-ring (bicyclic) bond motifs is 1. The molecule has 3 aromatic rings. The minimum atomic E-state index is -0.226. The van der Waals surface area contributed by atoms with Crippen molar-refractivity contribution < 1.29 is 9.84 Å². The predicted octanol–water partition coefficient (Wildman–Crippen LogP) is 2.89. The summed E-state index contributed by atoms with van der Waals surface area (Å²) in [5.74, 6) is 1.46. The molecule has 0 bridgehead atoms. The highest BCUT2D eigenvalue weighted by atomic mass is 16.5. The average molecular weight is 294 g/mol. The summed E-state index contributed by atoms with van der Waals surface area (Å²) >= 11 is 0. The van der Waals surface area contributed by atoms with Crippen molar-refractivity contribution >= 4 is 10.9 Å². The van der Waals surface area contributed by atoms with Gasteiger partial charge in [0.05, 0.1) is 18.3 Å². The van der Waals surface area contributed by atoms with Gasteiger partial charge < -0.3 is 15.6 Å². The molecule has 4 heteroatoms. The number of rotatable bonds is 5. The van der Waals surface area contributed by atoms with Crippen LogP contribution >= 0.6 is 0 Å². The van der Waals surface area contributed by atoms with Crippen LogP contribution in [0.25, 0.3) is 10.9 Å². The normalized spacial score (nSPS) is 12.3. The highest BCUT2D eigenvalue weighted by Gasteiger charge is 2.04. The first-order valence-corrected chi connectivity index (χ1v) is 7.22. The smallest absolute Gasteiger partial charge is 0.146 e. The van der Waals surface area contributed by atoms with Crippen molar-refractivity contribution in [1.82, 2.24) is 4.98 Å². The van der Waals surface area contributed by atoms with E-state index < -0.39 is 0 Å². The van der Waals surface area contributed by atoms with Gasteiger partial charge in [-0.2, -0.15) is 0 Å². The maximum atomic E-state index is 8.98. The molecule has 0 radical (unpaired) electrons. The second-order valence-electron chi connectivity index (χ2n) is 5.26. The largest absolute Gasteiger partial charge is 0.456 e. The van der Waals surface area contributed by atoms with Crippen LogP contribution in [0.3, 0.4) is 0 Å². The second kappa shape index (κ2) is 6.56. The summed E-state index contributed by atoms with van der Waals surface area (Å²) in [6, 6.07) is 17.4. The van der Waals surface area contributed by atoms with Gasteiger partial charge in [0.15, 0.2) is 0 Å². The zero-order valence-electron chi connectivity index (χ0n) is 12.1. The van der Waals surface area contributed by atoms with E-state index in [0.29, 0.717) is 12.2 Å². The maximum Gasteiger partial charge on any atom is 0.146 e. The van der Waals surface area contributed by atoms with Gasteiger partial charge >= 0.3 is 0 Å². The lowest BCUT2D eigenvalue weighted by Gasteiger charge is -2.10. The Bertz CT molecular complexity index is 756. The van der Waals surface area contributed by atoms with Gasteiger partial charge in [0.1, 0.15) is 11.5 Å². The molecule has 1 heterocycles. The van der Waals surface area contributed by atoms with Gasteiger partial charge in [0.25, 0.3) is 0 Å². The molecule has 0 aliphatic rings. The van der Waals surface area contributed by atoms with Crippen LogP contribution in [0.1, 0.15) is 5.56 Å². The molecule has 0 aliphatic carbocycles. The molecule has 1 aromatic heterocycles. The second-order valence-corrected chi connectivity index (χ2v) is 5.26. The molecular weight excluding hydrogens is 276 g/mol. The first-order chi connectivity index (χ1) is 10.7. The minimum absolute atomic E-state index is 0.0129. The molecule has 3 rings (SSSR count). The van der Waals surface area contributed by atoms with E-state index in [1.54, 1.807) is 6.20 Å². The lowest BCUT2D eigenvalue weighted by molar-refractivity contribution is 0.265. The number of ether oxygens (including phenoxy) is 1. The van der Waals surface area contributed by atoms with Gasteiger partial charge in [-0.15, -0.1) is 0 Å². The molecule has 112 valence electrons. The fourth-order valence-corrected chi connectivity index (χ4v) is 2.30. The summed E-state index contributed by atoms with van der Waals surface area (Å²) in [4.78, 5) is 4.38. The van der Waals surface area contributed by atoms with E-state index in [0.717, 1.165) is 22.2 Å². The summed E-state index contributed by atoms with van der Waals surface area (Å²) < 4.78 is 5.83. The molecule has 0 amide bonds. The van der Waals surface area contributed by atoms with Crippen molar-refractivity contribution in [3.05, 3.63) is 66.4 Å². The fraction of sp³-hybridized carbons (Fsp3) is 0.167. The van der Waals surface area contributed by atoms with Crippen LogP contribution in [0, 0.1) is 0 Å². The van der Waals surface area contributed by atoms with Crippen LogP contribution in [0.15, 0.2) is 60.8 Å². The molecule has 2 aromatic carbocycles. The topological polar surface area (TPSA) is 68.4 Å².